The fourth-order valence-electron chi connectivity index (χ4n) is 3.46. The topological polar surface area (TPSA) is 0 Å². The van der Waals surface area contributed by atoms with Crippen molar-refractivity contribution in [2.45, 2.75) is 68.2 Å². The summed E-state index contributed by atoms with van der Waals surface area (Å²) in [4.78, 5) is 0. The molecule has 2 fully saturated rings. The molecule has 1 heteroatoms. The second-order valence-electron chi connectivity index (χ2n) is 6.14. The zero-order valence-electron chi connectivity index (χ0n) is 10.3. The second kappa shape index (κ2) is 6.02. The van der Waals surface area contributed by atoms with Crippen LogP contribution in [0, 0.1) is 17.8 Å². The Hall–Kier alpha value is 0.922. The summed E-state index contributed by atoms with van der Waals surface area (Å²) in [5, 5.41) is 0. The molecule has 0 aliphatic heterocycles. The van der Waals surface area contributed by atoms with Crippen LogP contribution in [0.2, 0.25) is 3.48 Å². The SMILES string of the molecule is CC1CCC(CC2CC[CH]([PbH])CC2)CC1. The van der Waals surface area contributed by atoms with Crippen molar-refractivity contribution in [3.8, 4) is 0 Å². The van der Waals surface area contributed by atoms with E-state index in [1.165, 1.54) is 42.1 Å². The fourth-order valence-corrected chi connectivity index (χ4v) is 4.96. The summed E-state index contributed by atoms with van der Waals surface area (Å²) < 4.78 is 1.19. The Labute approximate surface area is 111 Å². The third kappa shape index (κ3) is 4.01. The Morgan fingerprint density at radius 2 is 1.27 bits per heavy atom. The summed E-state index contributed by atoms with van der Waals surface area (Å²) in [5.74, 6) is 3.26. The van der Waals surface area contributed by atoms with Gasteiger partial charge in [-0.15, -0.1) is 0 Å². The van der Waals surface area contributed by atoms with Crippen LogP contribution in [0.15, 0.2) is 0 Å². The van der Waals surface area contributed by atoms with Gasteiger partial charge in [-0.1, -0.05) is 0 Å². The first-order valence-electron chi connectivity index (χ1n) is 6.99. The molecule has 0 aromatic carbocycles. The van der Waals surface area contributed by atoms with Crippen LogP contribution in [-0.4, -0.2) is 25.8 Å². The molecule has 0 aromatic rings. The Balaban J connectivity index is 1.68. The molecule has 0 aromatic heterocycles. The van der Waals surface area contributed by atoms with Crippen molar-refractivity contribution < 1.29 is 0 Å². The summed E-state index contributed by atoms with van der Waals surface area (Å²) in [6.45, 7) is 2.43. The molecule has 0 saturated heterocycles. The molecule has 0 amide bonds. The Kier molecular flexibility index (Phi) is 4.97. The quantitative estimate of drug-likeness (QED) is 0.612. The minimum atomic E-state index is 1.03. The Morgan fingerprint density at radius 1 is 0.800 bits per heavy atom. The minimum absolute atomic E-state index is 1.03. The van der Waals surface area contributed by atoms with Crippen LogP contribution in [0.4, 0.5) is 0 Å². The molecule has 0 nitrogen and oxygen atoms in total. The van der Waals surface area contributed by atoms with E-state index in [0.29, 0.717) is 0 Å². The van der Waals surface area contributed by atoms with Crippen LogP contribution in [0.1, 0.15) is 64.7 Å². The van der Waals surface area contributed by atoms with Crippen LogP contribution in [0.5, 0.6) is 0 Å². The van der Waals surface area contributed by atoms with Gasteiger partial charge in [0, 0.05) is 0 Å². The zero-order valence-corrected chi connectivity index (χ0v) is 14.7. The van der Waals surface area contributed by atoms with E-state index in [-0.39, 0.29) is 0 Å². The monoisotopic (exact) mass is 402 g/mol. The summed E-state index contributed by atoms with van der Waals surface area (Å²) in [6, 6.07) is 0. The van der Waals surface area contributed by atoms with Crippen molar-refractivity contribution >= 4 is 25.8 Å². The van der Waals surface area contributed by atoms with Crippen molar-refractivity contribution in [1.82, 2.24) is 0 Å². The summed E-state index contributed by atoms with van der Waals surface area (Å²) in [7, 11) is 0. The maximum absolute atomic E-state index is 2.43. The molecule has 0 atom stereocenters. The molecule has 2 aliphatic carbocycles. The number of hydrogen-bond donors (Lipinski definition) is 0. The van der Waals surface area contributed by atoms with Gasteiger partial charge in [-0.3, -0.25) is 0 Å². The van der Waals surface area contributed by atoms with Crippen LogP contribution in [0.25, 0.3) is 0 Å². The summed E-state index contributed by atoms with van der Waals surface area (Å²) >= 11 is 1.26. The van der Waals surface area contributed by atoms with E-state index in [0.717, 1.165) is 17.8 Å². The molecule has 15 heavy (non-hydrogen) atoms. The average molecular weight is 402 g/mol. The third-order valence-corrected chi connectivity index (χ3v) is 7.29. The second-order valence-corrected chi connectivity index (χ2v) is 9.81. The fraction of sp³-hybridized carbons (Fsp3) is 1.00. The van der Waals surface area contributed by atoms with Gasteiger partial charge >= 0.3 is 112 Å². The number of rotatable bonds is 2. The van der Waals surface area contributed by atoms with Gasteiger partial charge in [0.05, 0.1) is 0 Å². The van der Waals surface area contributed by atoms with Gasteiger partial charge in [0.25, 0.3) is 0 Å². The zero-order chi connectivity index (χ0) is 10.7. The van der Waals surface area contributed by atoms with E-state index in [9.17, 15) is 0 Å². The molecule has 2 aliphatic rings. The van der Waals surface area contributed by atoms with E-state index in [1.54, 1.807) is 44.9 Å². The Morgan fingerprint density at radius 3 is 1.80 bits per heavy atom. The van der Waals surface area contributed by atoms with Crippen molar-refractivity contribution in [2.75, 3.05) is 0 Å². The molecule has 0 unspecified atom stereocenters. The number of hydrogen-bond acceptors (Lipinski definition) is 0. The summed E-state index contributed by atoms with van der Waals surface area (Å²) in [6.07, 6.45) is 14.0. The van der Waals surface area contributed by atoms with E-state index in [4.69, 9.17) is 0 Å². The van der Waals surface area contributed by atoms with Crippen molar-refractivity contribution in [3.05, 3.63) is 0 Å². The molecule has 0 spiro atoms. The molecule has 0 N–H and O–H groups in total. The molecule has 0 heterocycles. The van der Waals surface area contributed by atoms with Gasteiger partial charge in [0.2, 0.25) is 0 Å². The van der Waals surface area contributed by atoms with Crippen LogP contribution in [-0.2, 0) is 0 Å². The first-order chi connectivity index (χ1) is 7.24. The van der Waals surface area contributed by atoms with Gasteiger partial charge < -0.3 is 0 Å². The third-order valence-electron chi connectivity index (χ3n) is 4.69. The van der Waals surface area contributed by atoms with Crippen LogP contribution in [0.3, 0.4) is 0 Å². The average Bonchev–Trinajstić information content (AvgIpc) is 2.25. The summed E-state index contributed by atoms with van der Waals surface area (Å²) in [5.41, 5.74) is 0. The standard InChI is InChI=1S/C14H25.Pb.H/c1-12-7-9-14(10-8-12)11-13-5-3-2-4-6-13;;/h2,12-14H,3-11H2,1H3;;. The molecule has 0 bridgehead atoms. The predicted octanol–water partition coefficient (Wildman–Crippen LogP) is 4.08. The van der Waals surface area contributed by atoms with Crippen LogP contribution >= 0.6 is 0 Å². The molecule has 86 valence electrons. The van der Waals surface area contributed by atoms with Crippen LogP contribution < -0.4 is 0 Å². The molecular formula is C14H26Pb. The predicted molar refractivity (Wildman–Crippen MR) is 68.6 cm³/mol. The molecular weight excluding hydrogens is 375 g/mol. The molecule has 2 rings (SSSR count). The normalized spacial score (nSPS) is 42.8. The van der Waals surface area contributed by atoms with Crippen molar-refractivity contribution in [2.24, 2.45) is 17.8 Å². The Bertz CT molecular complexity index is 154. The van der Waals surface area contributed by atoms with E-state index in [1.807, 2.05) is 0 Å². The van der Waals surface area contributed by atoms with Crippen molar-refractivity contribution in [1.29, 1.82) is 0 Å². The van der Waals surface area contributed by atoms with Gasteiger partial charge in [0.15, 0.2) is 0 Å². The van der Waals surface area contributed by atoms with Gasteiger partial charge in [-0.2, -0.15) is 0 Å². The first kappa shape index (κ1) is 12.4. The van der Waals surface area contributed by atoms with E-state index in [2.05, 4.69) is 6.92 Å². The van der Waals surface area contributed by atoms with Crippen molar-refractivity contribution in [3.63, 3.8) is 0 Å². The van der Waals surface area contributed by atoms with Gasteiger partial charge in [-0.05, 0) is 0 Å². The molecule has 2 radical (unpaired) electrons. The maximum atomic E-state index is 2.43. The van der Waals surface area contributed by atoms with E-state index >= 15 is 0 Å². The molecule has 2 saturated carbocycles. The van der Waals surface area contributed by atoms with Gasteiger partial charge in [-0.25, -0.2) is 0 Å². The first-order valence-corrected chi connectivity index (χ1v) is 9.58. The van der Waals surface area contributed by atoms with Gasteiger partial charge in [0.1, 0.15) is 0 Å². The van der Waals surface area contributed by atoms with E-state index < -0.39 is 0 Å².